The van der Waals surface area contributed by atoms with Crippen LogP contribution in [0.3, 0.4) is 0 Å². The van der Waals surface area contributed by atoms with Crippen LogP contribution in [0.2, 0.25) is 0 Å². The molecule has 0 saturated heterocycles. The summed E-state index contributed by atoms with van der Waals surface area (Å²) < 4.78 is 0. The van der Waals surface area contributed by atoms with Crippen molar-refractivity contribution in [1.82, 2.24) is 10.2 Å². The number of rotatable bonds is 9. The number of hydrogen-bond acceptors (Lipinski definition) is 4. The fraction of sp³-hybridized carbons (Fsp3) is 0.241. The highest BCUT2D eigenvalue weighted by molar-refractivity contribution is 6.37. The Morgan fingerprint density at radius 3 is 2.37 bits per heavy atom. The normalized spacial score (nSPS) is 13.9. The molecule has 3 N–H and O–H groups in total. The van der Waals surface area contributed by atoms with E-state index in [1.165, 1.54) is 5.56 Å². The Hall–Kier alpha value is -3.90. The molecule has 6 nitrogen and oxygen atoms in total. The molecule has 1 aliphatic rings. The van der Waals surface area contributed by atoms with Gasteiger partial charge in [0.1, 0.15) is 0 Å². The molecule has 0 aliphatic carbocycles. The van der Waals surface area contributed by atoms with Crippen LogP contribution >= 0.6 is 0 Å². The second-order valence-electron chi connectivity index (χ2n) is 8.96. The van der Waals surface area contributed by atoms with Gasteiger partial charge in [-0.15, -0.1) is 0 Å². The van der Waals surface area contributed by atoms with Crippen molar-refractivity contribution >= 4 is 34.5 Å². The summed E-state index contributed by atoms with van der Waals surface area (Å²) in [6, 6.07) is 23.5. The minimum absolute atomic E-state index is 0.142. The van der Waals surface area contributed by atoms with E-state index in [1.54, 1.807) is 12.1 Å². The Balaban J connectivity index is 1.69. The molecule has 3 aromatic rings. The molecule has 0 unspecified atom stereocenters. The van der Waals surface area contributed by atoms with E-state index in [-0.39, 0.29) is 11.8 Å². The molecule has 4 rings (SSSR count). The van der Waals surface area contributed by atoms with Crippen molar-refractivity contribution in [2.24, 2.45) is 0 Å². The zero-order valence-electron chi connectivity index (χ0n) is 20.5. The average molecular weight is 469 g/mol. The van der Waals surface area contributed by atoms with Gasteiger partial charge in [0.15, 0.2) is 0 Å². The van der Waals surface area contributed by atoms with Crippen LogP contribution in [0.25, 0.3) is 11.3 Å². The first-order valence-corrected chi connectivity index (χ1v) is 12.0. The van der Waals surface area contributed by atoms with Gasteiger partial charge in [-0.05, 0) is 62.3 Å². The maximum atomic E-state index is 13.2. The lowest BCUT2D eigenvalue weighted by Crippen LogP contribution is -2.23. The van der Waals surface area contributed by atoms with Crippen molar-refractivity contribution in [3.8, 4) is 0 Å². The van der Waals surface area contributed by atoms with Gasteiger partial charge in [-0.3, -0.25) is 9.59 Å². The summed E-state index contributed by atoms with van der Waals surface area (Å²) in [7, 11) is 4.14. The van der Waals surface area contributed by atoms with E-state index < -0.39 is 0 Å². The van der Waals surface area contributed by atoms with Gasteiger partial charge < -0.3 is 20.9 Å². The molecule has 0 atom stereocenters. The van der Waals surface area contributed by atoms with Gasteiger partial charge >= 0.3 is 0 Å². The van der Waals surface area contributed by atoms with Crippen LogP contribution in [0.1, 0.15) is 40.4 Å². The van der Waals surface area contributed by atoms with Crippen LogP contribution in [-0.4, -0.2) is 43.9 Å². The molecule has 2 amide bonds. The summed E-state index contributed by atoms with van der Waals surface area (Å²) in [6.07, 6.45) is 1.84. The lowest BCUT2D eigenvalue weighted by Gasteiger charge is -2.15. The molecule has 0 bridgehead atoms. The van der Waals surface area contributed by atoms with Crippen molar-refractivity contribution < 1.29 is 9.59 Å². The number of nitrogens with one attached hydrogen (secondary N) is 3. The molecule has 6 heteroatoms. The summed E-state index contributed by atoms with van der Waals surface area (Å²) in [5, 5.41) is 9.33. The van der Waals surface area contributed by atoms with Crippen LogP contribution in [0, 0.1) is 0 Å². The van der Waals surface area contributed by atoms with E-state index in [0.717, 1.165) is 41.9 Å². The van der Waals surface area contributed by atoms with Gasteiger partial charge in [0.25, 0.3) is 11.8 Å². The van der Waals surface area contributed by atoms with E-state index in [1.807, 2.05) is 55.5 Å². The molecular weight excluding hydrogens is 436 g/mol. The maximum absolute atomic E-state index is 13.2. The Kier molecular flexibility index (Phi) is 7.63. The molecule has 180 valence electrons. The number of nitrogens with zero attached hydrogens (tertiary/aromatic N) is 1. The number of fused-ring (bicyclic) bond motifs is 1. The quantitative estimate of drug-likeness (QED) is 0.392. The number of hydrogen-bond donors (Lipinski definition) is 3. The highest BCUT2D eigenvalue weighted by Crippen LogP contribution is 2.38. The lowest BCUT2D eigenvalue weighted by molar-refractivity contribution is -0.110. The SMILES string of the molecule is CCCNC(=O)c1ccc2c(c1)NC(=O)/C2=C(\Nc1ccc(CCN(C)C)cc1)c1ccccc1. The first kappa shape index (κ1) is 24.2. The summed E-state index contributed by atoms with van der Waals surface area (Å²) in [6.45, 7) is 3.61. The van der Waals surface area contributed by atoms with Crippen LogP contribution in [0.5, 0.6) is 0 Å². The standard InChI is InChI=1S/C29H32N4O2/c1-4-17-30-28(34)22-12-15-24-25(19-22)32-29(35)26(24)27(21-8-6-5-7-9-21)31-23-13-10-20(11-14-23)16-18-33(2)3/h5-15,19,31H,4,16-18H2,1-3H3,(H,30,34)(H,32,35)/b27-26-. The van der Waals surface area contributed by atoms with E-state index >= 15 is 0 Å². The minimum atomic E-state index is -0.194. The zero-order chi connectivity index (χ0) is 24.8. The van der Waals surface area contributed by atoms with Crippen molar-refractivity contribution in [2.75, 3.05) is 37.8 Å². The monoisotopic (exact) mass is 468 g/mol. The van der Waals surface area contributed by atoms with E-state index in [2.05, 4.69) is 47.1 Å². The van der Waals surface area contributed by atoms with Gasteiger partial charge in [-0.25, -0.2) is 0 Å². The minimum Gasteiger partial charge on any atom is -0.354 e. The Labute approximate surface area is 207 Å². The highest BCUT2D eigenvalue weighted by Gasteiger charge is 2.29. The molecule has 0 radical (unpaired) electrons. The Morgan fingerprint density at radius 2 is 1.69 bits per heavy atom. The summed E-state index contributed by atoms with van der Waals surface area (Å²) >= 11 is 0. The number of benzene rings is 3. The van der Waals surface area contributed by atoms with Crippen LogP contribution in [0.4, 0.5) is 11.4 Å². The van der Waals surface area contributed by atoms with Gasteiger partial charge in [-0.2, -0.15) is 0 Å². The van der Waals surface area contributed by atoms with Gasteiger partial charge in [0.05, 0.1) is 11.3 Å². The lowest BCUT2D eigenvalue weighted by atomic mass is 9.98. The fourth-order valence-electron chi connectivity index (χ4n) is 4.04. The van der Waals surface area contributed by atoms with Crippen LogP contribution < -0.4 is 16.0 Å². The molecule has 0 saturated carbocycles. The van der Waals surface area contributed by atoms with Crippen molar-refractivity contribution in [3.05, 3.63) is 95.1 Å². The predicted octanol–water partition coefficient (Wildman–Crippen LogP) is 4.86. The first-order valence-electron chi connectivity index (χ1n) is 12.0. The Bertz CT molecular complexity index is 1230. The fourth-order valence-corrected chi connectivity index (χ4v) is 4.04. The number of likely N-dealkylation sites (N-methyl/N-ethyl adjacent to an activating group) is 1. The number of anilines is 2. The topological polar surface area (TPSA) is 73.5 Å². The summed E-state index contributed by atoms with van der Waals surface area (Å²) in [5.41, 5.74) is 6.31. The third-order valence-corrected chi connectivity index (χ3v) is 5.95. The predicted molar refractivity (Wildman–Crippen MR) is 143 cm³/mol. The zero-order valence-corrected chi connectivity index (χ0v) is 20.5. The van der Waals surface area contributed by atoms with Crippen molar-refractivity contribution in [2.45, 2.75) is 19.8 Å². The maximum Gasteiger partial charge on any atom is 0.258 e. The molecule has 35 heavy (non-hydrogen) atoms. The summed E-state index contributed by atoms with van der Waals surface area (Å²) in [4.78, 5) is 27.8. The largest absolute Gasteiger partial charge is 0.354 e. The third-order valence-electron chi connectivity index (χ3n) is 5.95. The number of amides is 2. The van der Waals surface area contributed by atoms with Crippen LogP contribution in [0.15, 0.2) is 72.8 Å². The van der Waals surface area contributed by atoms with Gasteiger partial charge in [-0.1, -0.05) is 55.5 Å². The molecular formula is C29H32N4O2. The van der Waals surface area contributed by atoms with E-state index in [4.69, 9.17) is 0 Å². The number of carbonyl (C=O) groups is 2. The molecule has 0 aromatic heterocycles. The average Bonchev–Trinajstić information content (AvgIpc) is 3.20. The molecule has 1 heterocycles. The van der Waals surface area contributed by atoms with Crippen molar-refractivity contribution in [1.29, 1.82) is 0 Å². The van der Waals surface area contributed by atoms with E-state index in [0.29, 0.717) is 23.4 Å². The van der Waals surface area contributed by atoms with Crippen molar-refractivity contribution in [3.63, 3.8) is 0 Å². The Morgan fingerprint density at radius 1 is 0.943 bits per heavy atom. The number of carbonyl (C=O) groups excluding carboxylic acids is 2. The van der Waals surface area contributed by atoms with E-state index in [9.17, 15) is 9.59 Å². The van der Waals surface area contributed by atoms with Gasteiger partial charge in [0.2, 0.25) is 0 Å². The molecule has 3 aromatic carbocycles. The smallest absolute Gasteiger partial charge is 0.258 e. The van der Waals surface area contributed by atoms with Gasteiger partial charge in [0, 0.05) is 35.6 Å². The highest BCUT2D eigenvalue weighted by atomic mass is 16.2. The van der Waals surface area contributed by atoms with Crippen LogP contribution in [-0.2, 0) is 11.2 Å². The summed E-state index contributed by atoms with van der Waals surface area (Å²) in [5.74, 6) is -0.336. The third kappa shape index (κ3) is 5.78. The second-order valence-corrected chi connectivity index (χ2v) is 8.96. The molecule has 1 aliphatic heterocycles. The second kappa shape index (κ2) is 11.0. The first-order chi connectivity index (χ1) is 17.0. The molecule has 0 fully saturated rings. The molecule has 0 spiro atoms.